The summed E-state index contributed by atoms with van der Waals surface area (Å²) in [6.45, 7) is 12.3. The molecule has 31 heavy (non-hydrogen) atoms. The molecular formula is C27H38O3Si. The largest absolute Gasteiger partial charge is 0.407 e. The Balaban J connectivity index is 1.65. The summed E-state index contributed by atoms with van der Waals surface area (Å²) in [4.78, 5) is 0. The molecule has 1 atom stereocenters. The van der Waals surface area contributed by atoms with Crippen LogP contribution < -0.4 is 10.4 Å². The van der Waals surface area contributed by atoms with Crippen LogP contribution in [0.3, 0.4) is 0 Å². The van der Waals surface area contributed by atoms with E-state index in [2.05, 4.69) is 93.6 Å². The molecule has 3 rings (SSSR count). The van der Waals surface area contributed by atoms with Crippen LogP contribution in [0.1, 0.15) is 53.9 Å². The van der Waals surface area contributed by atoms with Crippen molar-refractivity contribution in [3.8, 4) is 0 Å². The quantitative estimate of drug-likeness (QED) is 0.296. The molecule has 0 aromatic heterocycles. The maximum Gasteiger partial charge on any atom is 0.261 e. The van der Waals surface area contributed by atoms with Gasteiger partial charge < -0.3 is 13.9 Å². The van der Waals surface area contributed by atoms with E-state index in [0.29, 0.717) is 6.61 Å². The number of rotatable bonds is 9. The molecule has 1 aliphatic heterocycles. The van der Waals surface area contributed by atoms with Crippen LogP contribution in [0.15, 0.2) is 72.8 Å². The Morgan fingerprint density at radius 1 is 0.935 bits per heavy atom. The van der Waals surface area contributed by atoms with E-state index in [1.54, 1.807) is 0 Å². The second-order valence-corrected chi connectivity index (χ2v) is 14.1. The summed E-state index contributed by atoms with van der Waals surface area (Å²) >= 11 is 0. The minimum Gasteiger partial charge on any atom is -0.407 e. The molecule has 0 aliphatic carbocycles. The maximum atomic E-state index is 6.92. The van der Waals surface area contributed by atoms with E-state index in [1.807, 2.05) is 13.8 Å². The summed E-state index contributed by atoms with van der Waals surface area (Å²) < 4.78 is 18.4. The molecule has 0 saturated carbocycles. The highest BCUT2D eigenvalue weighted by Gasteiger charge is 2.49. The number of ether oxygens (including phenoxy) is 2. The first-order valence-electron chi connectivity index (χ1n) is 11.5. The van der Waals surface area contributed by atoms with E-state index in [-0.39, 0.29) is 11.1 Å². The van der Waals surface area contributed by atoms with Crippen LogP contribution in [0.25, 0.3) is 0 Å². The van der Waals surface area contributed by atoms with Crippen LogP contribution in [-0.2, 0) is 13.9 Å². The van der Waals surface area contributed by atoms with Gasteiger partial charge in [0.1, 0.15) is 0 Å². The summed E-state index contributed by atoms with van der Waals surface area (Å²) in [5.41, 5.74) is 0. The molecule has 3 nitrogen and oxygen atoms in total. The van der Waals surface area contributed by atoms with Crippen molar-refractivity contribution in [2.24, 2.45) is 0 Å². The molecule has 4 heteroatoms. The van der Waals surface area contributed by atoms with Gasteiger partial charge in [-0.2, -0.15) is 0 Å². The summed E-state index contributed by atoms with van der Waals surface area (Å²) in [7, 11) is -2.43. The van der Waals surface area contributed by atoms with Crippen LogP contribution >= 0.6 is 0 Å². The molecule has 1 aliphatic rings. The molecular weight excluding hydrogens is 400 g/mol. The standard InChI is InChI=1S/C27H38O3Si/c1-26(2,3)31(24-17-11-8-12-18-24,25-19-13-9-14-20-25)29-21-15-7-6-10-16-23-22-28-27(4,5)30-23/h6-9,11-14,17-20,23H,10,15-16,21-22H2,1-5H3/b7-6-/t23-/m1/s1. The molecule has 0 unspecified atom stereocenters. The van der Waals surface area contributed by atoms with E-state index < -0.39 is 14.1 Å². The fraction of sp³-hybridized carbons (Fsp3) is 0.481. The van der Waals surface area contributed by atoms with Crippen LogP contribution in [0.4, 0.5) is 0 Å². The van der Waals surface area contributed by atoms with Crippen molar-refractivity contribution < 1.29 is 13.9 Å². The lowest BCUT2D eigenvalue weighted by atomic mass is 10.2. The van der Waals surface area contributed by atoms with Crippen molar-refractivity contribution in [3.05, 3.63) is 72.8 Å². The van der Waals surface area contributed by atoms with E-state index in [9.17, 15) is 0 Å². The summed E-state index contributed by atoms with van der Waals surface area (Å²) in [6, 6.07) is 21.7. The minimum absolute atomic E-state index is 0.0199. The van der Waals surface area contributed by atoms with Crippen molar-refractivity contribution >= 4 is 18.7 Å². The molecule has 0 N–H and O–H groups in total. The van der Waals surface area contributed by atoms with Crippen molar-refractivity contribution in [2.45, 2.75) is 70.8 Å². The van der Waals surface area contributed by atoms with Gasteiger partial charge in [-0.1, -0.05) is 93.6 Å². The third-order valence-electron chi connectivity index (χ3n) is 5.91. The van der Waals surface area contributed by atoms with Crippen molar-refractivity contribution in [1.82, 2.24) is 0 Å². The van der Waals surface area contributed by atoms with Crippen molar-refractivity contribution in [1.29, 1.82) is 0 Å². The van der Waals surface area contributed by atoms with Gasteiger partial charge in [-0.15, -0.1) is 0 Å². The fourth-order valence-electron chi connectivity index (χ4n) is 4.46. The van der Waals surface area contributed by atoms with Gasteiger partial charge in [0.15, 0.2) is 5.79 Å². The Bertz CT molecular complexity index is 785. The number of benzene rings is 2. The van der Waals surface area contributed by atoms with Crippen molar-refractivity contribution in [2.75, 3.05) is 13.2 Å². The third kappa shape index (κ3) is 5.95. The number of allylic oxidation sites excluding steroid dienone is 1. The minimum atomic E-state index is -2.43. The highest BCUT2D eigenvalue weighted by atomic mass is 28.4. The first-order valence-corrected chi connectivity index (χ1v) is 13.4. The molecule has 0 spiro atoms. The zero-order chi connectivity index (χ0) is 22.4. The third-order valence-corrected chi connectivity index (χ3v) is 11.0. The lowest BCUT2D eigenvalue weighted by Crippen LogP contribution is -2.66. The maximum absolute atomic E-state index is 6.92. The topological polar surface area (TPSA) is 27.7 Å². The molecule has 1 heterocycles. The normalized spacial score (nSPS) is 19.2. The highest BCUT2D eigenvalue weighted by Crippen LogP contribution is 2.36. The van der Waals surface area contributed by atoms with E-state index in [4.69, 9.17) is 13.9 Å². The average Bonchev–Trinajstić information content (AvgIpc) is 3.09. The molecule has 0 bridgehead atoms. The Labute approximate surface area is 189 Å². The SMILES string of the molecule is CC1(C)OC[C@@H](CC/C=C\CCO[Si](c2ccccc2)(c2ccccc2)C(C)(C)C)O1. The zero-order valence-corrected chi connectivity index (χ0v) is 20.8. The lowest BCUT2D eigenvalue weighted by Gasteiger charge is -2.43. The average molecular weight is 439 g/mol. The van der Waals surface area contributed by atoms with Crippen molar-refractivity contribution in [3.63, 3.8) is 0 Å². The van der Waals surface area contributed by atoms with E-state index in [1.165, 1.54) is 10.4 Å². The molecule has 1 fully saturated rings. The van der Waals surface area contributed by atoms with Crippen LogP contribution in [0, 0.1) is 0 Å². The summed E-state index contributed by atoms with van der Waals surface area (Å²) in [6.07, 6.45) is 7.62. The van der Waals surface area contributed by atoms with E-state index >= 15 is 0 Å². The van der Waals surface area contributed by atoms with E-state index in [0.717, 1.165) is 25.9 Å². The molecule has 168 valence electrons. The van der Waals surface area contributed by atoms with Gasteiger partial charge in [0.05, 0.1) is 12.7 Å². The highest BCUT2D eigenvalue weighted by molar-refractivity contribution is 6.99. The monoisotopic (exact) mass is 438 g/mol. The smallest absolute Gasteiger partial charge is 0.261 e. The summed E-state index contributed by atoms with van der Waals surface area (Å²) in [5.74, 6) is -0.433. The second kappa shape index (κ2) is 10.3. The van der Waals surface area contributed by atoms with Crippen LogP contribution in [-0.4, -0.2) is 33.4 Å². The lowest BCUT2D eigenvalue weighted by molar-refractivity contribution is -0.138. The van der Waals surface area contributed by atoms with Gasteiger partial charge in [0, 0.05) is 6.61 Å². The van der Waals surface area contributed by atoms with Crippen LogP contribution in [0.2, 0.25) is 5.04 Å². The molecule has 0 radical (unpaired) electrons. The Kier molecular flexibility index (Phi) is 7.92. The first-order chi connectivity index (χ1) is 14.7. The van der Waals surface area contributed by atoms with Gasteiger partial charge in [0.2, 0.25) is 0 Å². The first kappa shape index (κ1) is 23.9. The van der Waals surface area contributed by atoms with Gasteiger partial charge in [-0.05, 0) is 48.5 Å². The number of hydrogen-bond acceptors (Lipinski definition) is 3. The predicted molar refractivity (Wildman–Crippen MR) is 131 cm³/mol. The number of hydrogen-bond donors (Lipinski definition) is 0. The zero-order valence-electron chi connectivity index (χ0n) is 19.8. The van der Waals surface area contributed by atoms with Gasteiger partial charge in [0.25, 0.3) is 8.32 Å². The van der Waals surface area contributed by atoms with Gasteiger partial charge in [-0.3, -0.25) is 0 Å². The predicted octanol–water partition coefficient (Wildman–Crippen LogP) is 5.44. The van der Waals surface area contributed by atoms with Gasteiger partial charge in [-0.25, -0.2) is 0 Å². The molecule has 2 aromatic rings. The fourth-order valence-corrected chi connectivity index (χ4v) is 9.04. The Hall–Kier alpha value is -1.72. The molecule has 2 aromatic carbocycles. The second-order valence-electron chi connectivity index (χ2n) is 9.80. The van der Waals surface area contributed by atoms with Crippen LogP contribution in [0.5, 0.6) is 0 Å². The molecule has 0 amide bonds. The Morgan fingerprint density at radius 2 is 1.48 bits per heavy atom. The summed E-state index contributed by atoms with van der Waals surface area (Å²) in [5, 5.41) is 2.68. The molecule has 1 saturated heterocycles. The Morgan fingerprint density at radius 3 is 1.97 bits per heavy atom. The van der Waals surface area contributed by atoms with Gasteiger partial charge >= 0.3 is 0 Å².